The highest BCUT2D eigenvalue weighted by Crippen LogP contribution is 2.23. The zero-order valence-corrected chi connectivity index (χ0v) is 12.4. The van der Waals surface area contributed by atoms with Gasteiger partial charge in [-0.1, -0.05) is 6.92 Å². The Balaban J connectivity index is 1.60. The lowest BCUT2D eigenvalue weighted by atomic mass is 9.87. The number of nitrogens with one attached hydrogen (secondary N) is 1. The molecule has 21 heavy (non-hydrogen) atoms. The van der Waals surface area contributed by atoms with Gasteiger partial charge in [0, 0.05) is 45.1 Å². The highest BCUT2D eigenvalue weighted by atomic mass is 16.4. The molecule has 2 rings (SSSR count). The molecule has 0 aromatic heterocycles. The number of nitrogens with zero attached hydrogens (tertiary/aromatic N) is 2. The molecule has 0 radical (unpaired) electrons. The van der Waals surface area contributed by atoms with E-state index in [1.807, 2.05) is 4.90 Å². The van der Waals surface area contributed by atoms with Crippen molar-refractivity contribution in [1.29, 1.82) is 0 Å². The topological polar surface area (TPSA) is 90.0 Å². The van der Waals surface area contributed by atoms with Gasteiger partial charge in [-0.05, 0) is 12.8 Å². The van der Waals surface area contributed by atoms with Gasteiger partial charge < -0.3 is 20.2 Å². The summed E-state index contributed by atoms with van der Waals surface area (Å²) in [7, 11) is 0. The minimum Gasteiger partial charge on any atom is -0.481 e. The van der Waals surface area contributed by atoms with Crippen molar-refractivity contribution >= 4 is 17.9 Å². The van der Waals surface area contributed by atoms with E-state index in [9.17, 15) is 14.4 Å². The Kier molecular flexibility index (Phi) is 5.03. The third-order valence-electron chi connectivity index (χ3n) is 4.37. The minimum atomic E-state index is -0.823. The molecule has 7 nitrogen and oxygen atoms in total. The summed E-state index contributed by atoms with van der Waals surface area (Å²) in [5, 5.41) is 11.6. The standard InChI is InChI=1S/C14H23N3O4/c1-10(13(19)20)11-8-17(9-11)14(21)15-5-4-12(18)16-6-2-3-7-16/h10-11H,2-9H2,1H3,(H,15,21)(H,19,20). The summed E-state index contributed by atoms with van der Waals surface area (Å²) >= 11 is 0. The van der Waals surface area contributed by atoms with Gasteiger partial charge in [-0.2, -0.15) is 0 Å². The summed E-state index contributed by atoms with van der Waals surface area (Å²) in [5.41, 5.74) is 0. The van der Waals surface area contributed by atoms with Gasteiger partial charge in [0.05, 0.1) is 5.92 Å². The van der Waals surface area contributed by atoms with Gasteiger partial charge in [0.1, 0.15) is 0 Å². The van der Waals surface area contributed by atoms with Crippen LogP contribution in [0.5, 0.6) is 0 Å². The number of carboxylic acid groups (broad SMARTS) is 1. The summed E-state index contributed by atoms with van der Waals surface area (Å²) < 4.78 is 0. The van der Waals surface area contributed by atoms with E-state index < -0.39 is 11.9 Å². The maximum Gasteiger partial charge on any atom is 0.317 e. The first kappa shape index (κ1) is 15.6. The molecule has 2 fully saturated rings. The van der Waals surface area contributed by atoms with Gasteiger partial charge in [-0.15, -0.1) is 0 Å². The predicted molar refractivity (Wildman–Crippen MR) is 75.7 cm³/mol. The fourth-order valence-electron chi connectivity index (χ4n) is 2.71. The van der Waals surface area contributed by atoms with E-state index in [0.29, 0.717) is 26.1 Å². The van der Waals surface area contributed by atoms with Gasteiger partial charge in [0.2, 0.25) is 5.91 Å². The number of hydrogen-bond donors (Lipinski definition) is 2. The van der Waals surface area contributed by atoms with Crippen LogP contribution in [0.4, 0.5) is 4.79 Å². The second kappa shape index (κ2) is 6.78. The SMILES string of the molecule is CC(C(=O)O)C1CN(C(=O)NCCC(=O)N2CCCC2)C1. The number of carbonyl (C=O) groups excluding carboxylic acids is 2. The molecule has 1 unspecified atom stereocenters. The number of rotatable bonds is 5. The van der Waals surface area contributed by atoms with Crippen LogP contribution in [0.15, 0.2) is 0 Å². The number of amides is 3. The fourth-order valence-corrected chi connectivity index (χ4v) is 2.71. The molecule has 2 saturated heterocycles. The highest BCUT2D eigenvalue weighted by Gasteiger charge is 2.37. The van der Waals surface area contributed by atoms with Crippen molar-refractivity contribution in [3.05, 3.63) is 0 Å². The van der Waals surface area contributed by atoms with Crippen molar-refractivity contribution < 1.29 is 19.5 Å². The molecule has 0 aromatic carbocycles. The van der Waals surface area contributed by atoms with Crippen molar-refractivity contribution in [2.75, 3.05) is 32.7 Å². The summed E-state index contributed by atoms with van der Waals surface area (Å²) in [6.45, 7) is 4.60. The van der Waals surface area contributed by atoms with Gasteiger partial charge in [-0.25, -0.2) is 4.79 Å². The molecule has 2 heterocycles. The molecule has 0 aliphatic carbocycles. The van der Waals surface area contributed by atoms with Crippen LogP contribution in [0.1, 0.15) is 26.2 Å². The number of hydrogen-bond acceptors (Lipinski definition) is 3. The average Bonchev–Trinajstić information content (AvgIpc) is 2.90. The predicted octanol–water partition coefficient (Wildman–Crippen LogP) is 0.361. The number of likely N-dealkylation sites (tertiary alicyclic amines) is 2. The van der Waals surface area contributed by atoms with Gasteiger partial charge >= 0.3 is 12.0 Å². The van der Waals surface area contributed by atoms with E-state index in [4.69, 9.17) is 5.11 Å². The van der Waals surface area contributed by atoms with E-state index in [0.717, 1.165) is 25.9 Å². The maximum atomic E-state index is 11.8. The van der Waals surface area contributed by atoms with Crippen molar-refractivity contribution in [3.8, 4) is 0 Å². The normalized spacial score (nSPS) is 20.0. The molecule has 0 saturated carbocycles. The summed E-state index contributed by atoms with van der Waals surface area (Å²) in [4.78, 5) is 37.8. The molecule has 2 N–H and O–H groups in total. The molecule has 0 bridgehead atoms. The third-order valence-corrected chi connectivity index (χ3v) is 4.37. The smallest absolute Gasteiger partial charge is 0.317 e. The largest absolute Gasteiger partial charge is 0.481 e. The first-order chi connectivity index (χ1) is 9.99. The van der Waals surface area contributed by atoms with Crippen LogP contribution in [0.3, 0.4) is 0 Å². The summed E-state index contributed by atoms with van der Waals surface area (Å²) in [6.07, 6.45) is 2.46. The van der Waals surface area contributed by atoms with Crippen LogP contribution in [-0.2, 0) is 9.59 Å². The van der Waals surface area contributed by atoms with E-state index in [1.54, 1.807) is 11.8 Å². The molecule has 0 spiro atoms. The lowest BCUT2D eigenvalue weighted by molar-refractivity contribution is -0.144. The van der Waals surface area contributed by atoms with Crippen LogP contribution in [0.25, 0.3) is 0 Å². The van der Waals surface area contributed by atoms with E-state index in [2.05, 4.69) is 5.32 Å². The van der Waals surface area contributed by atoms with Crippen LogP contribution >= 0.6 is 0 Å². The molecular formula is C14H23N3O4. The fraction of sp³-hybridized carbons (Fsp3) is 0.786. The zero-order chi connectivity index (χ0) is 15.4. The van der Waals surface area contributed by atoms with Crippen LogP contribution in [0.2, 0.25) is 0 Å². The Hall–Kier alpha value is -1.79. The quantitative estimate of drug-likeness (QED) is 0.766. The Morgan fingerprint density at radius 3 is 2.38 bits per heavy atom. The molecule has 0 aromatic rings. The second-order valence-corrected chi connectivity index (χ2v) is 5.86. The minimum absolute atomic E-state index is 0.0273. The van der Waals surface area contributed by atoms with Crippen LogP contribution in [-0.4, -0.2) is 65.5 Å². The number of urea groups is 1. The number of carboxylic acids is 1. The number of carbonyl (C=O) groups is 3. The van der Waals surface area contributed by atoms with Gasteiger partial charge in [0.15, 0.2) is 0 Å². The molecule has 2 aliphatic rings. The summed E-state index contributed by atoms with van der Waals surface area (Å²) in [6, 6.07) is -0.210. The van der Waals surface area contributed by atoms with Crippen LogP contribution in [0, 0.1) is 11.8 Å². The van der Waals surface area contributed by atoms with Crippen LogP contribution < -0.4 is 5.32 Å². The Bertz CT molecular complexity index is 414. The number of aliphatic carboxylic acids is 1. The van der Waals surface area contributed by atoms with Crippen molar-refractivity contribution in [2.45, 2.75) is 26.2 Å². The van der Waals surface area contributed by atoms with E-state index >= 15 is 0 Å². The van der Waals surface area contributed by atoms with E-state index in [-0.39, 0.29) is 17.9 Å². The Labute approximate surface area is 124 Å². The zero-order valence-electron chi connectivity index (χ0n) is 12.4. The van der Waals surface area contributed by atoms with Crippen molar-refractivity contribution in [2.24, 2.45) is 11.8 Å². The monoisotopic (exact) mass is 297 g/mol. The molecule has 7 heteroatoms. The molecular weight excluding hydrogens is 274 g/mol. The van der Waals surface area contributed by atoms with Crippen molar-refractivity contribution in [1.82, 2.24) is 15.1 Å². The lowest BCUT2D eigenvalue weighted by Crippen LogP contribution is -2.56. The Morgan fingerprint density at radius 1 is 1.19 bits per heavy atom. The van der Waals surface area contributed by atoms with E-state index in [1.165, 1.54) is 0 Å². The van der Waals surface area contributed by atoms with Crippen molar-refractivity contribution in [3.63, 3.8) is 0 Å². The highest BCUT2D eigenvalue weighted by molar-refractivity contribution is 5.79. The molecule has 2 aliphatic heterocycles. The first-order valence-corrected chi connectivity index (χ1v) is 7.52. The molecule has 3 amide bonds. The summed E-state index contributed by atoms with van der Waals surface area (Å²) in [5.74, 6) is -1.13. The third kappa shape index (κ3) is 3.86. The average molecular weight is 297 g/mol. The lowest BCUT2D eigenvalue weighted by Gasteiger charge is -2.41. The van der Waals surface area contributed by atoms with Gasteiger partial charge in [0.25, 0.3) is 0 Å². The second-order valence-electron chi connectivity index (χ2n) is 5.86. The van der Waals surface area contributed by atoms with Gasteiger partial charge in [-0.3, -0.25) is 9.59 Å². The molecule has 1 atom stereocenters. The Morgan fingerprint density at radius 2 is 1.81 bits per heavy atom. The molecule has 118 valence electrons. The first-order valence-electron chi connectivity index (χ1n) is 7.52. The maximum absolute atomic E-state index is 11.8.